The van der Waals surface area contributed by atoms with E-state index >= 15 is 0 Å². The van der Waals surface area contributed by atoms with Crippen molar-refractivity contribution in [3.63, 3.8) is 0 Å². The summed E-state index contributed by atoms with van der Waals surface area (Å²) in [6.07, 6.45) is -0.484. The highest BCUT2D eigenvalue weighted by Gasteiger charge is 2.19. The van der Waals surface area contributed by atoms with Crippen LogP contribution in [0.2, 0.25) is 0 Å². The fourth-order valence-corrected chi connectivity index (χ4v) is 2.93. The molecule has 178 valence electrons. The maximum absolute atomic E-state index is 13.0. The first-order chi connectivity index (χ1) is 15.6. The summed E-state index contributed by atoms with van der Waals surface area (Å²) in [5.74, 6) is 0.119. The third-order valence-corrected chi connectivity index (χ3v) is 4.42. The van der Waals surface area contributed by atoms with Crippen molar-refractivity contribution in [2.45, 2.75) is 39.3 Å². The van der Waals surface area contributed by atoms with E-state index in [1.807, 2.05) is 6.07 Å². The molecule has 0 aromatic heterocycles. The highest BCUT2D eigenvalue weighted by molar-refractivity contribution is 6.08. The molecule has 0 aliphatic heterocycles. The fraction of sp³-hybridized carbons (Fsp3) is 0.375. The Morgan fingerprint density at radius 2 is 1.52 bits per heavy atom. The summed E-state index contributed by atoms with van der Waals surface area (Å²) >= 11 is 0. The zero-order valence-corrected chi connectivity index (χ0v) is 19.6. The zero-order valence-electron chi connectivity index (χ0n) is 19.6. The molecule has 0 radical (unpaired) electrons. The van der Waals surface area contributed by atoms with E-state index < -0.39 is 17.6 Å². The molecule has 2 aromatic carbocycles. The van der Waals surface area contributed by atoms with Crippen molar-refractivity contribution in [1.82, 2.24) is 10.6 Å². The molecule has 2 rings (SSSR count). The Morgan fingerprint density at radius 3 is 2.12 bits per heavy atom. The Labute approximate surface area is 193 Å². The quantitative estimate of drug-likeness (QED) is 0.531. The summed E-state index contributed by atoms with van der Waals surface area (Å²) in [5, 5.41) is 8.19. The summed E-state index contributed by atoms with van der Waals surface area (Å²) < 4.78 is 15.7. The van der Waals surface area contributed by atoms with E-state index in [9.17, 15) is 14.4 Å². The summed E-state index contributed by atoms with van der Waals surface area (Å²) in [7, 11) is 2.96. The molecule has 3 amide bonds. The lowest BCUT2D eigenvalue weighted by molar-refractivity contribution is -0.121. The minimum atomic E-state index is -0.603. The topological polar surface area (TPSA) is 115 Å². The van der Waals surface area contributed by atoms with Crippen molar-refractivity contribution in [3.05, 3.63) is 53.6 Å². The number of carbonyl (C=O) groups is 3. The van der Waals surface area contributed by atoms with Crippen LogP contribution in [0.5, 0.6) is 11.5 Å². The van der Waals surface area contributed by atoms with Crippen LogP contribution in [-0.4, -0.2) is 44.3 Å². The van der Waals surface area contributed by atoms with E-state index in [4.69, 9.17) is 14.2 Å². The Bertz CT molecular complexity index is 962. The van der Waals surface area contributed by atoms with E-state index in [1.165, 1.54) is 14.2 Å². The predicted molar refractivity (Wildman–Crippen MR) is 125 cm³/mol. The van der Waals surface area contributed by atoms with Gasteiger partial charge in [-0.05, 0) is 44.5 Å². The van der Waals surface area contributed by atoms with Gasteiger partial charge in [-0.25, -0.2) is 4.79 Å². The van der Waals surface area contributed by atoms with Gasteiger partial charge in [-0.1, -0.05) is 24.3 Å². The number of ether oxygens (including phenoxy) is 3. The first kappa shape index (κ1) is 25.5. The van der Waals surface area contributed by atoms with Gasteiger partial charge >= 0.3 is 6.09 Å². The Morgan fingerprint density at radius 1 is 0.879 bits per heavy atom. The molecule has 0 bridgehead atoms. The Kier molecular flexibility index (Phi) is 9.08. The second kappa shape index (κ2) is 11.8. The summed E-state index contributed by atoms with van der Waals surface area (Å²) in [4.78, 5) is 36.8. The molecule has 0 atom stereocenters. The number of para-hydroxylation sites is 1. The van der Waals surface area contributed by atoms with Crippen molar-refractivity contribution in [1.29, 1.82) is 0 Å². The highest BCUT2D eigenvalue weighted by atomic mass is 16.6. The van der Waals surface area contributed by atoms with E-state index in [0.717, 1.165) is 0 Å². The number of hydrogen-bond donors (Lipinski definition) is 3. The molecule has 0 spiro atoms. The van der Waals surface area contributed by atoms with Crippen LogP contribution in [0, 0.1) is 0 Å². The van der Waals surface area contributed by atoms with Gasteiger partial charge in [0, 0.05) is 25.2 Å². The van der Waals surface area contributed by atoms with Gasteiger partial charge in [-0.15, -0.1) is 0 Å². The van der Waals surface area contributed by atoms with Gasteiger partial charge in [0.2, 0.25) is 5.91 Å². The van der Waals surface area contributed by atoms with E-state index in [0.29, 0.717) is 22.7 Å². The Hall–Kier alpha value is -3.75. The lowest BCUT2D eigenvalue weighted by atomic mass is 10.1. The van der Waals surface area contributed by atoms with Crippen molar-refractivity contribution in [3.8, 4) is 11.5 Å². The van der Waals surface area contributed by atoms with Gasteiger partial charge < -0.3 is 30.2 Å². The molecule has 9 heteroatoms. The van der Waals surface area contributed by atoms with E-state index in [2.05, 4.69) is 16.0 Å². The maximum atomic E-state index is 13.0. The number of amides is 3. The number of nitrogens with one attached hydrogen (secondary N) is 3. The Balaban J connectivity index is 1.96. The third kappa shape index (κ3) is 8.03. The molecule has 0 unspecified atom stereocenters. The van der Waals surface area contributed by atoms with Gasteiger partial charge in [0.25, 0.3) is 5.91 Å². The summed E-state index contributed by atoms with van der Waals surface area (Å²) in [6.45, 7) is 5.63. The van der Waals surface area contributed by atoms with Crippen LogP contribution in [0.15, 0.2) is 42.5 Å². The first-order valence-corrected chi connectivity index (χ1v) is 10.5. The zero-order chi connectivity index (χ0) is 24.4. The lowest BCUT2D eigenvalue weighted by Crippen LogP contribution is -2.35. The maximum Gasteiger partial charge on any atom is 0.407 e. The van der Waals surface area contributed by atoms with E-state index in [-0.39, 0.29) is 31.0 Å². The second-order valence-electron chi connectivity index (χ2n) is 8.10. The highest BCUT2D eigenvalue weighted by Crippen LogP contribution is 2.29. The van der Waals surface area contributed by atoms with Crippen LogP contribution in [0.1, 0.15) is 43.1 Å². The van der Waals surface area contributed by atoms with Crippen molar-refractivity contribution >= 4 is 23.6 Å². The molecule has 0 fully saturated rings. The first-order valence-electron chi connectivity index (χ1n) is 10.5. The number of hydrogen-bond acceptors (Lipinski definition) is 6. The molecule has 3 N–H and O–H groups in total. The molecule has 0 aliphatic carbocycles. The van der Waals surface area contributed by atoms with Gasteiger partial charge in [0.1, 0.15) is 22.7 Å². The average Bonchev–Trinajstić information content (AvgIpc) is 2.76. The molecule has 0 saturated heterocycles. The van der Waals surface area contributed by atoms with Crippen LogP contribution < -0.4 is 25.4 Å². The van der Waals surface area contributed by atoms with E-state index in [1.54, 1.807) is 57.2 Å². The molecule has 2 aromatic rings. The molecule has 33 heavy (non-hydrogen) atoms. The van der Waals surface area contributed by atoms with Crippen LogP contribution in [0.4, 0.5) is 10.5 Å². The smallest absolute Gasteiger partial charge is 0.407 e. The number of benzene rings is 2. The molecular weight excluding hydrogens is 426 g/mol. The van der Waals surface area contributed by atoms with Gasteiger partial charge in [-0.3, -0.25) is 9.59 Å². The van der Waals surface area contributed by atoms with Crippen molar-refractivity contribution < 1.29 is 28.6 Å². The van der Waals surface area contributed by atoms with Crippen molar-refractivity contribution in [2.75, 3.05) is 26.1 Å². The van der Waals surface area contributed by atoms with Crippen molar-refractivity contribution in [2.24, 2.45) is 0 Å². The van der Waals surface area contributed by atoms with Gasteiger partial charge in [0.05, 0.1) is 14.2 Å². The lowest BCUT2D eigenvalue weighted by Gasteiger charge is -2.19. The SMILES string of the molecule is COc1cccc(OC)c1C(=O)Nc1ccccc1CNC(=O)CCNC(=O)OC(C)(C)C. The largest absolute Gasteiger partial charge is 0.496 e. The minimum absolute atomic E-state index is 0.0895. The van der Waals surface area contributed by atoms with Gasteiger partial charge in [0.15, 0.2) is 0 Å². The molecule has 9 nitrogen and oxygen atoms in total. The van der Waals surface area contributed by atoms with Crippen LogP contribution in [0.25, 0.3) is 0 Å². The monoisotopic (exact) mass is 457 g/mol. The molecule has 0 heterocycles. The van der Waals surface area contributed by atoms with Crippen LogP contribution in [-0.2, 0) is 16.1 Å². The fourth-order valence-electron chi connectivity index (χ4n) is 2.93. The van der Waals surface area contributed by atoms with Crippen LogP contribution in [0.3, 0.4) is 0 Å². The predicted octanol–water partition coefficient (Wildman–Crippen LogP) is 3.49. The number of anilines is 1. The second-order valence-corrected chi connectivity index (χ2v) is 8.10. The van der Waals surface area contributed by atoms with Gasteiger partial charge in [-0.2, -0.15) is 0 Å². The molecule has 0 aliphatic rings. The minimum Gasteiger partial charge on any atom is -0.496 e. The number of methoxy groups -OCH3 is 2. The standard InChI is InChI=1S/C24H31N3O6/c1-24(2,3)33-23(30)25-14-13-20(28)26-15-16-9-6-7-10-17(16)27-22(29)21-18(31-4)11-8-12-19(21)32-5/h6-12H,13-15H2,1-5H3,(H,25,30)(H,26,28)(H,27,29). The van der Waals surface area contributed by atoms with Crippen LogP contribution >= 0.6 is 0 Å². The summed E-state index contributed by atoms with van der Waals surface area (Å²) in [5.41, 5.74) is 0.930. The third-order valence-electron chi connectivity index (χ3n) is 4.42. The summed E-state index contributed by atoms with van der Waals surface area (Å²) in [6, 6.07) is 12.2. The average molecular weight is 458 g/mol. The molecule has 0 saturated carbocycles. The number of carbonyl (C=O) groups excluding carboxylic acids is 3. The molecular formula is C24H31N3O6. The number of alkyl carbamates (subject to hydrolysis) is 1. The normalized spacial score (nSPS) is 10.7. The number of rotatable bonds is 9.